The number of nitrogens with zero attached hydrogens (tertiary/aromatic N) is 2. The monoisotopic (exact) mass is 251 g/mol. The second-order valence-electron chi connectivity index (χ2n) is 4.52. The number of rotatable bonds is 7. The number of hydrogen-bond donors (Lipinski definition) is 1. The van der Waals surface area contributed by atoms with Crippen LogP contribution in [0.4, 0.5) is 5.82 Å². The Morgan fingerprint density at radius 3 is 2.94 bits per heavy atom. The summed E-state index contributed by atoms with van der Waals surface area (Å²) in [6.07, 6.45) is 3.31. The summed E-state index contributed by atoms with van der Waals surface area (Å²) in [6.45, 7) is 11.2. The van der Waals surface area contributed by atoms with E-state index in [4.69, 9.17) is 4.74 Å². The Labute approximate surface area is 108 Å². The predicted octanol–water partition coefficient (Wildman–Crippen LogP) is 1.83. The van der Waals surface area contributed by atoms with E-state index in [1.54, 1.807) is 17.0 Å². The molecule has 5 nitrogen and oxygen atoms in total. The molecule has 5 heteroatoms. The molecule has 1 aromatic heterocycles. The Morgan fingerprint density at radius 1 is 1.61 bits per heavy atom. The maximum absolute atomic E-state index is 12.0. The van der Waals surface area contributed by atoms with Gasteiger partial charge in [-0.1, -0.05) is 12.2 Å². The first-order valence-electron chi connectivity index (χ1n) is 6.05. The summed E-state index contributed by atoms with van der Waals surface area (Å²) < 4.78 is 6.98. The lowest BCUT2D eigenvalue weighted by Crippen LogP contribution is -2.26. The fourth-order valence-electron chi connectivity index (χ4n) is 1.44. The molecule has 0 aliphatic heterocycles. The molecule has 1 rings (SSSR count). The van der Waals surface area contributed by atoms with Crippen LogP contribution < -0.4 is 10.9 Å². The van der Waals surface area contributed by atoms with Crippen LogP contribution in [0.5, 0.6) is 0 Å². The fourth-order valence-corrected chi connectivity index (χ4v) is 1.44. The molecule has 0 fully saturated rings. The standard InChI is InChI=1S/C13H21N3O2/c1-10(2)9-18-8-6-15-12-13(17)16(11(3)4)7-5-14-12/h5,7,11H,1,6,8-9H2,2-4H3,(H,14,15). The zero-order valence-electron chi connectivity index (χ0n) is 11.3. The third-order valence-corrected chi connectivity index (χ3v) is 2.31. The molecule has 100 valence electrons. The number of anilines is 1. The van der Waals surface area contributed by atoms with Crippen molar-refractivity contribution < 1.29 is 4.74 Å². The largest absolute Gasteiger partial charge is 0.375 e. The predicted molar refractivity (Wildman–Crippen MR) is 73.0 cm³/mol. The first-order valence-corrected chi connectivity index (χ1v) is 6.05. The number of aromatic nitrogens is 2. The quantitative estimate of drug-likeness (QED) is 0.593. The zero-order valence-corrected chi connectivity index (χ0v) is 11.3. The van der Waals surface area contributed by atoms with Crippen molar-refractivity contribution >= 4 is 5.82 Å². The molecule has 0 aromatic carbocycles. The number of ether oxygens (including phenoxy) is 1. The summed E-state index contributed by atoms with van der Waals surface area (Å²) in [5, 5.41) is 2.98. The van der Waals surface area contributed by atoms with Crippen molar-refractivity contribution in [1.29, 1.82) is 0 Å². The highest BCUT2D eigenvalue weighted by molar-refractivity contribution is 5.30. The van der Waals surface area contributed by atoms with Crippen molar-refractivity contribution in [2.24, 2.45) is 0 Å². The van der Waals surface area contributed by atoms with Crippen molar-refractivity contribution in [2.75, 3.05) is 25.1 Å². The molecule has 0 aliphatic carbocycles. The highest BCUT2D eigenvalue weighted by Gasteiger charge is 2.06. The summed E-state index contributed by atoms with van der Waals surface area (Å²) in [6, 6.07) is 0.126. The van der Waals surface area contributed by atoms with Gasteiger partial charge in [0.15, 0.2) is 5.82 Å². The molecule has 0 unspecified atom stereocenters. The van der Waals surface area contributed by atoms with Gasteiger partial charge < -0.3 is 14.6 Å². The SMILES string of the molecule is C=C(C)COCCNc1nccn(C(C)C)c1=O. The minimum Gasteiger partial charge on any atom is -0.375 e. The third-order valence-electron chi connectivity index (χ3n) is 2.31. The second-order valence-corrected chi connectivity index (χ2v) is 4.52. The van der Waals surface area contributed by atoms with Gasteiger partial charge in [-0.25, -0.2) is 4.98 Å². The molecule has 0 amide bonds. The molecule has 0 saturated heterocycles. The fraction of sp³-hybridized carbons (Fsp3) is 0.538. The third kappa shape index (κ3) is 4.33. The van der Waals surface area contributed by atoms with Gasteiger partial charge in [-0.15, -0.1) is 0 Å². The van der Waals surface area contributed by atoms with E-state index >= 15 is 0 Å². The molecule has 1 aromatic rings. The van der Waals surface area contributed by atoms with Gasteiger partial charge in [0.05, 0.1) is 13.2 Å². The lowest BCUT2D eigenvalue weighted by Gasteiger charge is -2.11. The summed E-state index contributed by atoms with van der Waals surface area (Å²) in [4.78, 5) is 16.0. The van der Waals surface area contributed by atoms with E-state index < -0.39 is 0 Å². The lowest BCUT2D eigenvalue weighted by atomic mass is 10.4. The van der Waals surface area contributed by atoms with Gasteiger partial charge in [-0.2, -0.15) is 0 Å². The van der Waals surface area contributed by atoms with Crippen LogP contribution in [-0.4, -0.2) is 29.3 Å². The van der Waals surface area contributed by atoms with Gasteiger partial charge in [0.25, 0.3) is 5.56 Å². The lowest BCUT2D eigenvalue weighted by molar-refractivity contribution is 0.167. The summed E-state index contributed by atoms with van der Waals surface area (Å²) in [5.74, 6) is 0.366. The Balaban J connectivity index is 2.50. The molecule has 0 atom stereocenters. The molecular weight excluding hydrogens is 230 g/mol. The molecule has 0 aliphatic rings. The van der Waals surface area contributed by atoms with Crippen LogP contribution in [0.3, 0.4) is 0 Å². The average Bonchev–Trinajstić information content (AvgIpc) is 2.30. The summed E-state index contributed by atoms with van der Waals surface area (Å²) in [7, 11) is 0. The van der Waals surface area contributed by atoms with Crippen LogP contribution >= 0.6 is 0 Å². The minimum atomic E-state index is -0.104. The van der Waals surface area contributed by atoms with Crippen LogP contribution in [0.2, 0.25) is 0 Å². The molecule has 1 N–H and O–H groups in total. The normalized spacial score (nSPS) is 10.7. The highest BCUT2D eigenvalue weighted by Crippen LogP contribution is 2.01. The van der Waals surface area contributed by atoms with Crippen LogP contribution in [0, 0.1) is 0 Å². The zero-order chi connectivity index (χ0) is 13.5. The van der Waals surface area contributed by atoms with Crippen LogP contribution in [0.1, 0.15) is 26.8 Å². The Kier molecular flexibility index (Phi) is 5.58. The number of hydrogen-bond acceptors (Lipinski definition) is 4. The van der Waals surface area contributed by atoms with E-state index in [9.17, 15) is 4.79 Å². The molecule has 18 heavy (non-hydrogen) atoms. The van der Waals surface area contributed by atoms with E-state index in [1.807, 2.05) is 20.8 Å². The smallest absolute Gasteiger partial charge is 0.293 e. The van der Waals surface area contributed by atoms with Crippen LogP contribution in [-0.2, 0) is 4.74 Å². The first-order chi connectivity index (χ1) is 8.52. The highest BCUT2D eigenvalue weighted by atomic mass is 16.5. The van der Waals surface area contributed by atoms with Crippen LogP contribution in [0.15, 0.2) is 29.3 Å². The van der Waals surface area contributed by atoms with E-state index in [2.05, 4.69) is 16.9 Å². The van der Waals surface area contributed by atoms with Crippen molar-refractivity contribution in [3.63, 3.8) is 0 Å². The molecular formula is C13H21N3O2. The van der Waals surface area contributed by atoms with E-state index in [0.717, 1.165) is 5.57 Å². The van der Waals surface area contributed by atoms with E-state index in [0.29, 0.717) is 25.6 Å². The first kappa shape index (κ1) is 14.4. The molecule has 0 bridgehead atoms. The number of nitrogens with one attached hydrogen (secondary N) is 1. The van der Waals surface area contributed by atoms with Gasteiger partial charge in [-0.3, -0.25) is 4.79 Å². The maximum atomic E-state index is 12.0. The molecule has 0 spiro atoms. The van der Waals surface area contributed by atoms with Crippen molar-refractivity contribution in [1.82, 2.24) is 9.55 Å². The molecule has 0 saturated carbocycles. The minimum absolute atomic E-state index is 0.104. The summed E-state index contributed by atoms with van der Waals surface area (Å²) >= 11 is 0. The van der Waals surface area contributed by atoms with Crippen LogP contribution in [0.25, 0.3) is 0 Å². The maximum Gasteiger partial charge on any atom is 0.293 e. The average molecular weight is 251 g/mol. The van der Waals surface area contributed by atoms with E-state index in [-0.39, 0.29) is 11.6 Å². The van der Waals surface area contributed by atoms with Gasteiger partial charge in [0, 0.05) is 25.0 Å². The summed E-state index contributed by atoms with van der Waals surface area (Å²) in [5.41, 5.74) is 0.877. The van der Waals surface area contributed by atoms with Gasteiger partial charge in [0.1, 0.15) is 0 Å². The topological polar surface area (TPSA) is 56.1 Å². The van der Waals surface area contributed by atoms with Gasteiger partial charge in [0.2, 0.25) is 0 Å². The van der Waals surface area contributed by atoms with Crippen molar-refractivity contribution in [3.8, 4) is 0 Å². The molecule has 1 heterocycles. The van der Waals surface area contributed by atoms with Crippen molar-refractivity contribution in [2.45, 2.75) is 26.8 Å². The Morgan fingerprint density at radius 2 is 2.33 bits per heavy atom. The van der Waals surface area contributed by atoms with Crippen molar-refractivity contribution in [3.05, 3.63) is 34.9 Å². The Bertz CT molecular complexity index is 452. The Hall–Kier alpha value is -1.62. The van der Waals surface area contributed by atoms with E-state index in [1.165, 1.54) is 0 Å². The van der Waals surface area contributed by atoms with Gasteiger partial charge >= 0.3 is 0 Å². The van der Waals surface area contributed by atoms with Gasteiger partial charge in [-0.05, 0) is 20.8 Å². The molecule has 0 radical (unpaired) electrons. The second kappa shape index (κ2) is 6.96.